The second kappa shape index (κ2) is 10.7. The van der Waals surface area contributed by atoms with Crippen LogP contribution in [0.3, 0.4) is 0 Å². The van der Waals surface area contributed by atoms with Crippen LogP contribution in [-0.4, -0.2) is 36.7 Å². The molecule has 0 saturated carbocycles. The summed E-state index contributed by atoms with van der Waals surface area (Å²) in [6.45, 7) is 10.2. The zero-order valence-electron chi connectivity index (χ0n) is 13.5. The molecule has 0 radical (unpaired) electrons. The normalized spacial score (nSPS) is 24.8. The van der Waals surface area contributed by atoms with Gasteiger partial charge in [0.05, 0.1) is 12.2 Å². The number of hydrogen-bond donors (Lipinski definition) is 0. The molecular weight excluding hydrogens is 234 g/mol. The Morgan fingerprint density at radius 2 is 1.26 bits per heavy atom. The molecule has 1 aliphatic heterocycles. The molecular formula is C17H35NO. The zero-order chi connectivity index (χ0) is 13.9. The Labute approximate surface area is 120 Å². The lowest BCUT2D eigenvalue weighted by atomic mass is 10.1. The Morgan fingerprint density at radius 1 is 0.789 bits per heavy atom. The van der Waals surface area contributed by atoms with E-state index in [0.29, 0.717) is 12.2 Å². The molecule has 0 spiro atoms. The smallest absolute Gasteiger partial charge is 0.0678 e. The predicted octanol–water partition coefficient (Wildman–Crippen LogP) is 4.63. The minimum absolute atomic E-state index is 0.419. The molecule has 0 amide bonds. The van der Waals surface area contributed by atoms with Crippen molar-refractivity contribution in [2.45, 2.75) is 90.8 Å². The second-order valence-electron chi connectivity index (χ2n) is 6.35. The summed E-state index contributed by atoms with van der Waals surface area (Å²) in [6, 6.07) is 0. The van der Waals surface area contributed by atoms with Gasteiger partial charge < -0.3 is 4.74 Å². The molecule has 1 saturated heterocycles. The highest BCUT2D eigenvalue weighted by Crippen LogP contribution is 2.13. The van der Waals surface area contributed by atoms with Crippen LogP contribution < -0.4 is 0 Å². The van der Waals surface area contributed by atoms with Crippen molar-refractivity contribution in [1.82, 2.24) is 4.90 Å². The topological polar surface area (TPSA) is 12.5 Å². The molecule has 114 valence electrons. The number of hydrogen-bond acceptors (Lipinski definition) is 2. The maximum Gasteiger partial charge on any atom is 0.0678 e. The van der Waals surface area contributed by atoms with Crippen LogP contribution >= 0.6 is 0 Å². The summed E-state index contributed by atoms with van der Waals surface area (Å²) in [7, 11) is 0. The van der Waals surface area contributed by atoms with Gasteiger partial charge in [-0.1, -0.05) is 58.3 Å². The van der Waals surface area contributed by atoms with Crippen molar-refractivity contribution in [2.24, 2.45) is 0 Å². The SMILES string of the molecule is CCCCCCCCCCCN1C[C@@H](C)O[C@H](C)C1. The molecule has 0 aromatic carbocycles. The largest absolute Gasteiger partial charge is 0.373 e. The minimum Gasteiger partial charge on any atom is -0.373 e. The number of morpholine rings is 1. The average Bonchev–Trinajstić information content (AvgIpc) is 2.36. The van der Waals surface area contributed by atoms with Gasteiger partial charge in [0.1, 0.15) is 0 Å². The molecule has 0 aliphatic carbocycles. The highest BCUT2D eigenvalue weighted by atomic mass is 16.5. The lowest BCUT2D eigenvalue weighted by Gasteiger charge is -2.35. The first-order chi connectivity index (χ1) is 9.22. The Hall–Kier alpha value is -0.0800. The van der Waals surface area contributed by atoms with Gasteiger partial charge in [0.15, 0.2) is 0 Å². The third-order valence-corrected chi connectivity index (χ3v) is 4.07. The molecule has 1 rings (SSSR count). The second-order valence-corrected chi connectivity index (χ2v) is 6.35. The molecule has 0 unspecified atom stereocenters. The number of rotatable bonds is 10. The summed E-state index contributed by atoms with van der Waals surface area (Å²) in [5.74, 6) is 0. The fraction of sp³-hybridized carbons (Fsp3) is 1.00. The molecule has 0 bridgehead atoms. The summed E-state index contributed by atoms with van der Waals surface area (Å²) in [5.41, 5.74) is 0. The fourth-order valence-electron chi connectivity index (χ4n) is 3.11. The molecule has 19 heavy (non-hydrogen) atoms. The van der Waals surface area contributed by atoms with Crippen molar-refractivity contribution in [3.8, 4) is 0 Å². The molecule has 1 heterocycles. The van der Waals surface area contributed by atoms with Crippen molar-refractivity contribution in [1.29, 1.82) is 0 Å². The van der Waals surface area contributed by atoms with E-state index < -0.39 is 0 Å². The Morgan fingerprint density at radius 3 is 1.79 bits per heavy atom. The van der Waals surface area contributed by atoms with Crippen molar-refractivity contribution in [3.05, 3.63) is 0 Å². The standard InChI is InChI=1S/C17H35NO/c1-4-5-6-7-8-9-10-11-12-13-18-14-16(2)19-17(3)15-18/h16-17H,4-15H2,1-3H3/t16-,17-/m1/s1. The van der Waals surface area contributed by atoms with E-state index in [9.17, 15) is 0 Å². The highest BCUT2D eigenvalue weighted by molar-refractivity contribution is 4.72. The van der Waals surface area contributed by atoms with Crippen LogP contribution in [0.25, 0.3) is 0 Å². The first-order valence-electron chi connectivity index (χ1n) is 8.60. The molecule has 0 N–H and O–H groups in total. The summed E-state index contributed by atoms with van der Waals surface area (Å²) in [5, 5.41) is 0. The number of ether oxygens (including phenoxy) is 1. The van der Waals surface area contributed by atoms with Gasteiger partial charge in [0.2, 0.25) is 0 Å². The lowest BCUT2D eigenvalue weighted by Crippen LogP contribution is -2.45. The Kier molecular flexibility index (Phi) is 9.54. The Bertz CT molecular complexity index is 197. The quantitative estimate of drug-likeness (QED) is 0.536. The van der Waals surface area contributed by atoms with Crippen molar-refractivity contribution in [3.63, 3.8) is 0 Å². The molecule has 2 atom stereocenters. The van der Waals surface area contributed by atoms with Crippen LogP contribution in [0.5, 0.6) is 0 Å². The van der Waals surface area contributed by atoms with Gasteiger partial charge in [-0.05, 0) is 26.8 Å². The summed E-state index contributed by atoms with van der Waals surface area (Å²) >= 11 is 0. The highest BCUT2D eigenvalue weighted by Gasteiger charge is 2.21. The summed E-state index contributed by atoms with van der Waals surface area (Å²) in [6.07, 6.45) is 13.6. The van der Waals surface area contributed by atoms with Gasteiger partial charge in [0, 0.05) is 13.1 Å². The monoisotopic (exact) mass is 269 g/mol. The molecule has 1 fully saturated rings. The van der Waals surface area contributed by atoms with Crippen molar-refractivity contribution >= 4 is 0 Å². The van der Waals surface area contributed by atoms with Crippen LogP contribution in [0.1, 0.15) is 78.6 Å². The van der Waals surface area contributed by atoms with Gasteiger partial charge in [-0.3, -0.25) is 4.90 Å². The average molecular weight is 269 g/mol. The van der Waals surface area contributed by atoms with Crippen molar-refractivity contribution in [2.75, 3.05) is 19.6 Å². The third kappa shape index (κ3) is 8.65. The van der Waals surface area contributed by atoms with Gasteiger partial charge in [-0.15, -0.1) is 0 Å². The van der Waals surface area contributed by atoms with Crippen molar-refractivity contribution < 1.29 is 4.74 Å². The first kappa shape index (κ1) is 17.0. The van der Waals surface area contributed by atoms with E-state index in [1.165, 1.54) is 64.3 Å². The molecule has 0 aromatic heterocycles. The third-order valence-electron chi connectivity index (χ3n) is 4.07. The van der Waals surface area contributed by atoms with Gasteiger partial charge in [-0.2, -0.15) is 0 Å². The lowest BCUT2D eigenvalue weighted by molar-refractivity contribution is -0.0681. The summed E-state index contributed by atoms with van der Waals surface area (Å²) < 4.78 is 5.77. The van der Waals surface area contributed by atoms with Gasteiger partial charge >= 0.3 is 0 Å². The van der Waals surface area contributed by atoms with Crippen LogP contribution in [0.15, 0.2) is 0 Å². The Balaban J connectivity index is 1.87. The maximum absolute atomic E-state index is 5.77. The van der Waals surface area contributed by atoms with E-state index in [4.69, 9.17) is 4.74 Å². The number of nitrogens with zero attached hydrogens (tertiary/aromatic N) is 1. The van der Waals surface area contributed by atoms with Crippen LogP contribution in [0.4, 0.5) is 0 Å². The van der Waals surface area contributed by atoms with E-state index in [1.54, 1.807) is 0 Å². The minimum atomic E-state index is 0.419. The van der Waals surface area contributed by atoms with Gasteiger partial charge in [0.25, 0.3) is 0 Å². The van der Waals surface area contributed by atoms with E-state index in [2.05, 4.69) is 25.7 Å². The molecule has 1 aliphatic rings. The van der Waals surface area contributed by atoms with Crippen LogP contribution in [0.2, 0.25) is 0 Å². The van der Waals surface area contributed by atoms with E-state index in [-0.39, 0.29) is 0 Å². The molecule has 2 nitrogen and oxygen atoms in total. The predicted molar refractivity (Wildman–Crippen MR) is 83.7 cm³/mol. The van der Waals surface area contributed by atoms with Gasteiger partial charge in [-0.25, -0.2) is 0 Å². The molecule has 0 aromatic rings. The van der Waals surface area contributed by atoms with Crippen LogP contribution in [-0.2, 0) is 4.74 Å². The first-order valence-corrected chi connectivity index (χ1v) is 8.60. The fourth-order valence-corrected chi connectivity index (χ4v) is 3.11. The van der Waals surface area contributed by atoms with E-state index in [0.717, 1.165) is 13.1 Å². The van der Waals surface area contributed by atoms with E-state index >= 15 is 0 Å². The summed E-state index contributed by atoms with van der Waals surface area (Å²) in [4.78, 5) is 2.58. The molecule has 2 heteroatoms. The van der Waals surface area contributed by atoms with E-state index in [1.807, 2.05) is 0 Å². The number of unbranched alkanes of at least 4 members (excludes halogenated alkanes) is 8. The van der Waals surface area contributed by atoms with Crippen LogP contribution in [0, 0.1) is 0 Å². The maximum atomic E-state index is 5.77. The zero-order valence-corrected chi connectivity index (χ0v) is 13.5.